The van der Waals surface area contributed by atoms with Crippen molar-refractivity contribution in [3.05, 3.63) is 0 Å². The van der Waals surface area contributed by atoms with E-state index in [9.17, 15) is 0 Å². The molecule has 1 aliphatic rings. The fraction of sp³-hybridized carbons (Fsp3) is 1.00. The van der Waals surface area contributed by atoms with Crippen molar-refractivity contribution in [1.82, 2.24) is 0 Å². The molecule has 0 heteroatoms. The lowest BCUT2D eigenvalue weighted by atomic mass is 9.70. The second kappa shape index (κ2) is 4.79. The van der Waals surface area contributed by atoms with Crippen molar-refractivity contribution in [2.24, 2.45) is 11.3 Å². The van der Waals surface area contributed by atoms with Crippen LogP contribution in [0.2, 0.25) is 0 Å². The number of rotatable bonds is 0. The Balaban J connectivity index is 0.000000461. The zero-order valence-corrected chi connectivity index (χ0v) is 8.91. The Bertz CT molecular complexity index is 92.2. The van der Waals surface area contributed by atoms with Gasteiger partial charge >= 0.3 is 0 Å². The molecular formula is C11H24. The molecule has 11 heavy (non-hydrogen) atoms. The first kappa shape index (κ1) is 11.0. The van der Waals surface area contributed by atoms with Gasteiger partial charge in [-0.15, -0.1) is 0 Å². The average molecular weight is 156 g/mol. The lowest BCUT2D eigenvalue weighted by Crippen LogP contribution is -2.24. The van der Waals surface area contributed by atoms with E-state index < -0.39 is 0 Å². The highest BCUT2D eigenvalue weighted by atomic mass is 14.3. The van der Waals surface area contributed by atoms with E-state index in [0.29, 0.717) is 5.41 Å². The molecule has 0 aromatic carbocycles. The van der Waals surface area contributed by atoms with E-state index in [1.54, 1.807) is 0 Å². The topological polar surface area (TPSA) is 0 Å². The molecule has 0 spiro atoms. The molecule has 0 saturated heterocycles. The molecule has 1 atom stereocenters. The van der Waals surface area contributed by atoms with Gasteiger partial charge in [0.1, 0.15) is 0 Å². The standard InChI is InChI=1S/C9H18.C2H6/c1-8-6-4-5-7-9(8,2)3;1-2/h8H,4-7H2,1-3H3;1-2H3/t8-;/m1./s1. The first-order chi connectivity index (χ1) is 5.13. The summed E-state index contributed by atoms with van der Waals surface area (Å²) in [6, 6.07) is 0. The van der Waals surface area contributed by atoms with Crippen LogP contribution in [0.5, 0.6) is 0 Å². The largest absolute Gasteiger partial charge is 0.0683 e. The van der Waals surface area contributed by atoms with Crippen LogP contribution in [0.4, 0.5) is 0 Å². The van der Waals surface area contributed by atoms with E-state index >= 15 is 0 Å². The van der Waals surface area contributed by atoms with Crippen molar-refractivity contribution in [3.63, 3.8) is 0 Å². The maximum atomic E-state index is 2.40. The summed E-state index contributed by atoms with van der Waals surface area (Å²) in [4.78, 5) is 0. The van der Waals surface area contributed by atoms with Crippen LogP contribution in [0.3, 0.4) is 0 Å². The predicted octanol–water partition coefficient (Wildman–Crippen LogP) is 4.25. The van der Waals surface area contributed by atoms with Crippen LogP contribution >= 0.6 is 0 Å². The van der Waals surface area contributed by atoms with Crippen LogP contribution in [0.15, 0.2) is 0 Å². The number of hydrogen-bond acceptors (Lipinski definition) is 0. The molecule has 0 N–H and O–H groups in total. The highest BCUT2D eigenvalue weighted by molar-refractivity contribution is 4.79. The molecule has 0 heterocycles. The lowest BCUT2D eigenvalue weighted by Gasteiger charge is -2.36. The highest BCUT2D eigenvalue weighted by Gasteiger charge is 2.27. The summed E-state index contributed by atoms with van der Waals surface area (Å²) in [6.45, 7) is 11.2. The molecule has 1 aliphatic carbocycles. The predicted molar refractivity (Wildman–Crippen MR) is 52.8 cm³/mol. The Kier molecular flexibility index (Phi) is 4.79. The first-order valence-corrected chi connectivity index (χ1v) is 5.13. The summed E-state index contributed by atoms with van der Waals surface area (Å²) in [5.74, 6) is 0.950. The molecule has 1 saturated carbocycles. The first-order valence-electron chi connectivity index (χ1n) is 5.13. The van der Waals surface area contributed by atoms with Gasteiger partial charge in [-0.25, -0.2) is 0 Å². The van der Waals surface area contributed by atoms with Gasteiger partial charge in [0.25, 0.3) is 0 Å². The molecule has 68 valence electrons. The minimum absolute atomic E-state index is 0.637. The van der Waals surface area contributed by atoms with Gasteiger partial charge in [-0.1, -0.05) is 53.9 Å². The van der Waals surface area contributed by atoms with Gasteiger partial charge < -0.3 is 0 Å². The molecule has 1 fully saturated rings. The van der Waals surface area contributed by atoms with Gasteiger partial charge in [0.2, 0.25) is 0 Å². The maximum Gasteiger partial charge on any atom is -0.0329 e. The van der Waals surface area contributed by atoms with Crippen molar-refractivity contribution < 1.29 is 0 Å². The van der Waals surface area contributed by atoms with Crippen LogP contribution in [0.25, 0.3) is 0 Å². The van der Waals surface area contributed by atoms with Crippen LogP contribution < -0.4 is 0 Å². The third-order valence-electron chi connectivity index (χ3n) is 3.04. The van der Waals surface area contributed by atoms with Crippen LogP contribution in [-0.4, -0.2) is 0 Å². The molecule has 0 aliphatic heterocycles. The van der Waals surface area contributed by atoms with Crippen LogP contribution in [0, 0.1) is 11.3 Å². The van der Waals surface area contributed by atoms with E-state index in [4.69, 9.17) is 0 Å². The summed E-state index contributed by atoms with van der Waals surface area (Å²) in [5, 5.41) is 0. The van der Waals surface area contributed by atoms with Crippen molar-refractivity contribution in [2.45, 2.75) is 60.3 Å². The van der Waals surface area contributed by atoms with Crippen molar-refractivity contribution in [2.75, 3.05) is 0 Å². The molecule has 0 nitrogen and oxygen atoms in total. The Labute approximate surface area is 72.4 Å². The van der Waals surface area contributed by atoms with Crippen molar-refractivity contribution >= 4 is 0 Å². The van der Waals surface area contributed by atoms with Gasteiger partial charge in [-0.3, -0.25) is 0 Å². The van der Waals surface area contributed by atoms with E-state index in [-0.39, 0.29) is 0 Å². The summed E-state index contributed by atoms with van der Waals surface area (Å²) in [5.41, 5.74) is 0.637. The molecule has 0 amide bonds. The SMILES string of the molecule is CC.C[C@@H]1CCCCC1(C)C. The van der Waals surface area contributed by atoms with Gasteiger partial charge in [0.05, 0.1) is 0 Å². The van der Waals surface area contributed by atoms with Gasteiger partial charge in [0, 0.05) is 0 Å². The molecule has 0 aromatic heterocycles. The molecule has 1 rings (SSSR count). The lowest BCUT2D eigenvalue weighted by molar-refractivity contribution is 0.154. The molecule has 0 aromatic rings. The minimum Gasteiger partial charge on any atom is -0.0683 e. The zero-order valence-electron chi connectivity index (χ0n) is 8.91. The smallest absolute Gasteiger partial charge is 0.0329 e. The van der Waals surface area contributed by atoms with E-state index in [1.165, 1.54) is 25.7 Å². The number of hydrogen-bond donors (Lipinski definition) is 0. The van der Waals surface area contributed by atoms with E-state index in [0.717, 1.165) is 5.92 Å². The second-order valence-electron chi connectivity index (χ2n) is 4.14. The monoisotopic (exact) mass is 156 g/mol. The normalized spacial score (nSPS) is 28.6. The van der Waals surface area contributed by atoms with Crippen molar-refractivity contribution in [1.29, 1.82) is 0 Å². The summed E-state index contributed by atoms with van der Waals surface area (Å²) < 4.78 is 0. The Hall–Kier alpha value is 0. The molecule has 0 radical (unpaired) electrons. The zero-order chi connectivity index (χ0) is 8.91. The Morgan fingerprint density at radius 1 is 1.09 bits per heavy atom. The Morgan fingerprint density at radius 3 is 1.91 bits per heavy atom. The van der Waals surface area contributed by atoms with Gasteiger partial charge in [0.15, 0.2) is 0 Å². The van der Waals surface area contributed by atoms with E-state index in [2.05, 4.69) is 20.8 Å². The fourth-order valence-corrected chi connectivity index (χ4v) is 1.67. The Morgan fingerprint density at radius 2 is 1.64 bits per heavy atom. The second-order valence-corrected chi connectivity index (χ2v) is 4.14. The average Bonchev–Trinajstić information content (AvgIpc) is 2.00. The summed E-state index contributed by atoms with van der Waals surface area (Å²) >= 11 is 0. The van der Waals surface area contributed by atoms with Crippen LogP contribution in [-0.2, 0) is 0 Å². The van der Waals surface area contributed by atoms with Crippen molar-refractivity contribution in [3.8, 4) is 0 Å². The highest BCUT2D eigenvalue weighted by Crippen LogP contribution is 2.39. The van der Waals surface area contributed by atoms with Gasteiger partial charge in [-0.05, 0) is 17.8 Å². The maximum absolute atomic E-state index is 2.40. The molecular weight excluding hydrogens is 132 g/mol. The third-order valence-corrected chi connectivity index (χ3v) is 3.04. The molecule has 0 unspecified atom stereocenters. The minimum atomic E-state index is 0.637. The quantitative estimate of drug-likeness (QED) is 0.492. The summed E-state index contributed by atoms with van der Waals surface area (Å²) in [6.07, 6.45) is 5.81. The van der Waals surface area contributed by atoms with E-state index in [1.807, 2.05) is 13.8 Å². The molecule has 0 bridgehead atoms. The van der Waals surface area contributed by atoms with Gasteiger partial charge in [-0.2, -0.15) is 0 Å². The third kappa shape index (κ3) is 3.27. The van der Waals surface area contributed by atoms with Crippen LogP contribution in [0.1, 0.15) is 60.3 Å². The fourth-order valence-electron chi connectivity index (χ4n) is 1.67. The summed E-state index contributed by atoms with van der Waals surface area (Å²) in [7, 11) is 0.